The van der Waals surface area contributed by atoms with Crippen LogP contribution in [0.3, 0.4) is 0 Å². The Morgan fingerprint density at radius 1 is 1.29 bits per heavy atom. The van der Waals surface area contributed by atoms with E-state index in [1.165, 1.54) is 0 Å². The summed E-state index contributed by atoms with van der Waals surface area (Å²) in [6.45, 7) is 0. The molecule has 0 amide bonds. The zero-order valence-corrected chi connectivity index (χ0v) is 9.61. The molecule has 0 bridgehead atoms. The predicted octanol–water partition coefficient (Wildman–Crippen LogP) is -3.54. The van der Waals surface area contributed by atoms with Crippen LogP contribution in [-0.2, 0) is 29.9 Å². The van der Waals surface area contributed by atoms with E-state index in [1.807, 2.05) is 0 Å². The van der Waals surface area contributed by atoms with Gasteiger partial charge in [-0.25, -0.2) is 0 Å². The number of hydrogen-bond acceptors (Lipinski definition) is 2. The van der Waals surface area contributed by atoms with Crippen molar-refractivity contribution in [3.05, 3.63) is 0 Å². The Hall–Kier alpha value is 1.49. The van der Waals surface area contributed by atoms with E-state index >= 15 is 0 Å². The van der Waals surface area contributed by atoms with Gasteiger partial charge < -0.3 is 1.43 Å². The average Bonchev–Trinajstić information content (AvgIpc) is 0.722. The monoisotopic (exact) mass is 186 g/mol. The Balaban J connectivity index is -0.0000000267. The van der Waals surface area contributed by atoms with Crippen molar-refractivity contribution in [1.29, 1.82) is 0 Å². The second kappa shape index (κ2) is 5.63. The van der Waals surface area contributed by atoms with E-state index in [4.69, 9.17) is 17.5 Å². The van der Waals surface area contributed by atoms with E-state index < -0.39 is 10.4 Å². The Kier molecular flexibility index (Phi) is 12.7. The normalized spacial score (nSPS) is 8.29. The number of rotatable bonds is 0. The van der Waals surface area contributed by atoms with Gasteiger partial charge in [-0.2, -0.15) is 8.42 Å². The molecule has 0 spiro atoms. The van der Waals surface area contributed by atoms with Gasteiger partial charge in [0.25, 0.3) is 0 Å². The van der Waals surface area contributed by atoms with Gasteiger partial charge in [-0.3, -0.25) is 9.11 Å². The molecule has 36 valence electrons. The third-order valence-corrected chi connectivity index (χ3v) is 0. The van der Waals surface area contributed by atoms with Gasteiger partial charge in [-0.1, -0.05) is 0 Å². The van der Waals surface area contributed by atoms with Gasteiger partial charge in [0.15, 0.2) is 0 Å². The minimum Gasteiger partial charge on any atom is -1.00 e. The summed E-state index contributed by atoms with van der Waals surface area (Å²) in [6.07, 6.45) is 0. The summed E-state index contributed by atoms with van der Waals surface area (Å²) in [4.78, 5) is 0. The molecular weight excluding hydrogens is 184 g/mol. The first-order valence-corrected chi connectivity index (χ1v) is 2.10. The molecule has 7 heavy (non-hydrogen) atoms. The fourth-order valence-electron chi connectivity index (χ4n) is 0. The van der Waals surface area contributed by atoms with Crippen LogP contribution in [0.15, 0.2) is 0 Å². The molecule has 0 aromatic carbocycles. The van der Waals surface area contributed by atoms with E-state index in [1.54, 1.807) is 0 Å². The topological polar surface area (TPSA) is 74.6 Å². The van der Waals surface area contributed by atoms with Crippen molar-refractivity contribution in [2.45, 2.75) is 0 Å². The van der Waals surface area contributed by atoms with Crippen molar-refractivity contribution >= 4 is 10.4 Å². The van der Waals surface area contributed by atoms with Crippen molar-refractivity contribution in [3.8, 4) is 0 Å². The molecule has 0 saturated carbocycles. The molecule has 0 aromatic rings. The van der Waals surface area contributed by atoms with E-state index in [-0.39, 0.29) is 50.5 Å². The largest absolute Gasteiger partial charge is 1.00 e. The summed E-state index contributed by atoms with van der Waals surface area (Å²) in [6, 6.07) is 0. The van der Waals surface area contributed by atoms with Crippen LogP contribution in [0.25, 0.3) is 0 Å². The summed E-state index contributed by atoms with van der Waals surface area (Å²) in [7, 11) is -4.67. The Labute approximate surface area is 77.8 Å². The molecule has 4 nitrogen and oxygen atoms in total. The van der Waals surface area contributed by atoms with E-state index in [0.717, 1.165) is 0 Å². The molecule has 0 saturated heterocycles. The molecule has 0 rings (SSSR count). The first kappa shape index (κ1) is 15.8. The summed E-state index contributed by atoms with van der Waals surface area (Å²) in [5, 5.41) is 0. The van der Waals surface area contributed by atoms with E-state index in [2.05, 4.69) is 0 Å². The summed E-state index contributed by atoms with van der Waals surface area (Å²) >= 11 is 0. The van der Waals surface area contributed by atoms with Crippen LogP contribution in [0.1, 0.15) is 1.43 Å². The molecule has 0 aliphatic heterocycles. The molecule has 0 heterocycles. The van der Waals surface area contributed by atoms with Gasteiger partial charge in [-0.15, -0.1) is 0 Å². The first-order valence-electron chi connectivity index (χ1n) is 0.698. The molecule has 0 fully saturated rings. The van der Waals surface area contributed by atoms with Gasteiger partial charge in [0.1, 0.15) is 0 Å². The molecule has 0 aliphatic carbocycles. The SMILES string of the molecule is O=S(=O)(O)O.[H-].[Na+].[Zn]. The maximum atomic E-state index is 8.74. The minimum atomic E-state index is -4.67. The van der Waals surface area contributed by atoms with Crippen molar-refractivity contribution in [2.75, 3.05) is 0 Å². The zero-order chi connectivity index (χ0) is 4.50. The maximum Gasteiger partial charge on any atom is 1.00 e. The van der Waals surface area contributed by atoms with Crippen LogP contribution in [0.5, 0.6) is 0 Å². The second-order valence-corrected chi connectivity index (χ2v) is 1.34. The molecule has 0 atom stereocenters. The average molecular weight is 187 g/mol. The van der Waals surface area contributed by atoms with Crippen LogP contribution < -0.4 is 29.6 Å². The van der Waals surface area contributed by atoms with Gasteiger partial charge in [0.2, 0.25) is 0 Å². The molecular formula is H3NaO4SZn. The van der Waals surface area contributed by atoms with Gasteiger partial charge >= 0.3 is 40.0 Å². The summed E-state index contributed by atoms with van der Waals surface area (Å²) < 4.78 is 31.6. The Morgan fingerprint density at radius 3 is 1.29 bits per heavy atom. The zero-order valence-electron chi connectivity index (χ0n) is 4.83. The predicted molar refractivity (Wildman–Crippen MR) is 15.3 cm³/mol. The third-order valence-electron chi connectivity index (χ3n) is 0. The quantitative estimate of drug-likeness (QED) is 0.304. The first-order chi connectivity index (χ1) is 2.00. The second-order valence-electron chi connectivity index (χ2n) is 0.448. The van der Waals surface area contributed by atoms with Crippen LogP contribution in [0.4, 0.5) is 0 Å². The van der Waals surface area contributed by atoms with Gasteiger partial charge in [0.05, 0.1) is 0 Å². The fourth-order valence-corrected chi connectivity index (χ4v) is 0. The third kappa shape index (κ3) is 101. The fraction of sp³-hybridized carbons (Fsp3) is 0. The summed E-state index contributed by atoms with van der Waals surface area (Å²) in [5.41, 5.74) is 0. The van der Waals surface area contributed by atoms with Gasteiger partial charge in [-0.05, 0) is 0 Å². The smallest absolute Gasteiger partial charge is 1.00 e. The van der Waals surface area contributed by atoms with Crippen molar-refractivity contribution < 1.29 is 68.0 Å². The molecule has 0 radical (unpaired) electrons. The van der Waals surface area contributed by atoms with E-state index in [0.29, 0.717) is 0 Å². The van der Waals surface area contributed by atoms with Gasteiger partial charge in [0, 0.05) is 19.5 Å². The van der Waals surface area contributed by atoms with E-state index in [9.17, 15) is 0 Å². The van der Waals surface area contributed by atoms with Crippen LogP contribution in [0.2, 0.25) is 0 Å². The molecule has 0 aromatic heterocycles. The van der Waals surface area contributed by atoms with Crippen LogP contribution >= 0.6 is 0 Å². The molecule has 7 heteroatoms. The molecule has 0 aliphatic rings. The standard InChI is InChI=1S/Na.H2O4S.Zn.H/c;1-5(2,3)4;;/h;(H2,1,2,3,4);;/q+1;;;-1. The molecule has 0 unspecified atom stereocenters. The minimum absolute atomic E-state index is 0. The van der Waals surface area contributed by atoms with Crippen molar-refractivity contribution in [1.82, 2.24) is 0 Å². The Morgan fingerprint density at radius 2 is 1.29 bits per heavy atom. The van der Waals surface area contributed by atoms with Crippen molar-refractivity contribution in [2.24, 2.45) is 0 Å². The molecule has 2 N–H and O–H groups in total. The van der Waals surface area contributed by atoms with Crippen molar-refractivity contribution in [3.63, 3.8) is 0 Å². The van der Waals surface area contributed by atoms with Crippen LogP contribution in [0, 0.1) is 0 Å². The maximum absolute atomic E-state index is 8.74. The summed E-state index contributed by atoms with van der Waals surface area (Å²) in [5.74, 6) is 0. The Bertz CT molecular complexity index is 99.2. The number of hydrogen-bond donors (Lipinski definition) is 2. The van der Waals surface area contributed by atoms with Crippen LogP contribution in [-0.4, -0.2) is 17.5 Å².